The summed E-state index contributed by atoms with van der Waals surface area (Å²) in [4.78, 5) is 15.6. The lowest BCUT2D eigenvalue weighted by atomic mass is 10.1. The number of ether oxygens (including phenoxy) is 1. The Balaban J connectivity index is 1.50. The van der Waals surface area contributed by atoms with Crippen molar-refractivity contribution in [1.82, 2.24) is 14.1 Å². The molecule has 0 saturated carbocycles. The number of nitrogens with zero attached hydrogens (tertiary/aromatic N) is 4. The number of halogens is 1. The maximum atomic E-state index is 13.6. The maximum Gasteiger partial charge on any atom is 0.316 e. The Morgan fingerprint density at radius 3 is 2.08 bits per heavy atom. The highest BCUT2D eigenvalue weighted by Gasteiger charge is 2.27. The molecular weight excluding hydrogens is 512 g/mol. The van der Waals surface area contributed by atoms with E-state index in [-0.39, 0.29) is 5.75 Å². The normalized spacial score (nSPS) is 14.5. The van der Waals surface area contributed by atoms with E-state index in [9.17, 15) is 13.2 Å². The van der Waals surface area contributed by atoms with Crippen LogP contribution in [0.5, 0.6) is 11.5 Å². The summed E-state index contributed by atoms with van der Waals surface area (Å²) in [5.74, 6) is 0.617. The van der Waals surface area contributed by atoms with Gasteiger partial charge in [0.15, 0.2) is 0 Å². The fraction of sp³-hybridized carbons (Fsp3) is 0.185. The van der Waals surface area contributed by atoms with Gasteiger partial charge in [0.05, 0.1) is 18.1 Å². The molecule has 1 aliphatic rings. The van der Waals surface area contributed by atoms with Crippen molar-refractivity contribution in [1.29, 1.82) is 0 Å². The Labute approximate surface area is 220 Å². The topological polar surface area (TPSA) is 84.7 Å². The Morgan fingerprint density at radius 1 is 0.838 bits per heavy atom. The van der Waals surface area contributed by atoms with Crippen molar-refractivity contribution in [3.05, 3.63) is 100 Å². The molecule has 4 aromatic rings. The maximum absolute atomic E-state index is 13.6. The van der Waals surface area contributed by atoms with Gasteiger partial charge in [-0.05, 0) is 47.5 Å². The minimum atomic E-state index is -3.29. The molecule has 0 spiro atoms. The first-order valence-corrected chi connectivity index (χ1v) is 13.9. The Hall–Kier alpha value is -3.66. The first-order valence-electron chi connectivity index (χ1n) is 11.7. The van der Waals surface area contributed by atoms with Gasteiger partial charge in [-0.15, -0.1) is 0 Å². The number of anilines is 1. The molecule has 1 aliphatic heterocycles. The molecule has 0 radical (unpaired) electrons. The average Bonchev–Trinajstić information content (AvgIpc) is 2.91. The lowest BCUT2D eigenvalue weighted by Gasteiger charge is -2.35. The van der Waals surface area contributed by atoms with Crippen LogP contribution in [0.25, 0.3) is 16.8 Å². The highest BCUT2D eigenvalue weighted by Crippen LogP contribution is 2.31. The lowest BCUT2D eigenvalue weighted by molar-refractivity contribution is 0.384. The van der Waals surface area contributed by atoms with Gasteiger partial charge in [-0.25, -0.2) is 8.42 Å². The summed E-state index contributed by atoms with van der Waals surface area (Å²) in [7, 11) is -3.29. The quantitative estimate of drug-likeness (QED) is 0.362. The molecule has 1 fully saturated rings. The molecule has 2 heterocycles. The van der Waals surface area contributed by atoms with Gasteiger partial charge in [0.25, 0.3) is 0 Å². The van der Waals surface area contributed by atoms with Gasteiger partial charge in [0, 0.05) is 31.2 Å². The standard InChI is InChI=1S/C27H25ClN4O4S/c1-37(34,35)31-17-15-30(16-18-31)25-19-29-32(23-11-9-22(28)10-12-23)27(33)26(25)36-24-13-7-21(8-14-24)20-5-3-2-4-6-20/h2-14,19H,15-18H2,1H3. The van der Waals surface area contributed by atoms with Crippen molar-refractivity contribution in [2.24, 2.45) is 0 Å². The molecule has 0 amide bonds. The summed E-state index contributed by atoms with van der Waals surface area (Å²) >= 11 is 6.02. The van der Waals surface area contributed by atoms with Crippen LogP contribution in [0, 0.1) is 0 Å². The minimum absolute atomic E-state index is 0.116. The smallest absolute Gasteiger partial charge is 0.316 e. The first kappa shape index (κ1) is 25.0. The SMILES string of the molecule is CS(=O)(=O)N1CCN(c2cnn(-c3ccc(Cl)cc3)c(=O)c2Oc2ccc(-c3ccccc3)cc2)CC1. The fourth-order valence-corrected chi connectivity index (χ4v) is 5.19. The minimum Gasteiger partial charge on any atom is -0.449 e. The monoisotopic (exact) mass is 536 g/mol. The van der Waals surface area contributed by atoms with E-state index in [1.54, 1.807) is 30.5 Å². The second-order valence-corrected chi connectivity index (χ2v) is 11.1. The van der Waals surface area contributed by atoms with Gasteiger partial charge >= 0.3 is 5.56 Å². The van der Waals surface area contributed by atoms with Gasteiger partial charge in [0.2, 0.25) is 15.8 Å². The van der Waals surface area contributed by atoms with Crippen LogP contribution in [0.4, 0.5) is 5.69 Å². The summed E-state index contributed by atoms with van der Waals surface area (Å²) < 4.78 is 32.8. The summed E-state index contributed by atoms with van der Waals surface area (Å²) in [6.07, 6.45) is 2.78. The number of rotatable bonds is 6. The fourth-order valence-electron chi connectivity index (χ4n) is 4.24. The third kappa shape index (κ3) is 5.53. The second kappa shape index (κ2) is 10.4. The average molecular weight is 537 g/mol. The Bertz CT molecular complexity index is 1550. The number of benzene rings is 3. The van der Waals surface area contributed by atoms with Gasteiger partial charge in [-0.1, -0.05) is 54.1 Å². The summed E-state index contributed by atoms with van der Waals surface area (Å²) in [6, 6.07) is 24.3. The Kier molecular flexibility index (Phi) is 7.01. The summed E-state index contributed by atoms with van der Waals surface area (Å²) in [6.45, 7) is 1.43. The molecule has 190 valence electrons. The Morgan fingerprint density at radius 2 is 1.46 bits per heavy atom. The zero-order valence-electron chi connectivity index (χ0n) is 20.1. The molecule has 8 nitrogen and oxygen atoms in total. The van der Waals surface area contributed by atoms with Crippen LogP contribution in [0.2, 0.25) is 5.02 Å². The zero-order chi connectivity index (χ0) is 26.0. The van der Waals surface area contributed by atoms with Crippen LogP contribution in [0.3, 0.4) is 0 Å². The number of piperazine rings is 1. The third-order valence-electron chi connectivity index (χ3n) is 6.22. The van der Waals surface area contributed by atoms with E-state index < -0.39 is 15.6 Å². The van der Waals surface area contributed by atoms with E-state index in [1.165, 1.54) is 15.2 Å². The van der Waals surface area contributed by atoms with Gasteiger partial charge in [0.1, 0.15) is 11.4 Å². The number of hydrogen-bond donors (Lipinski definition) is 0. The van der Waals surface area contributed by atoms with E-state index in [4.69, 9.17) is 16.3 Å². The molecule has 1 aromatic heterocycles. The number of hydrogen-bond acceptors (Lipinski definition) is 6. The van der Waals surface area contributed by atoms with Gasteiger partial charge < -0.3 is 9.64 Å². The first-order chi connectivity index (χ1) is 17.8. The number of aromatic nitrogens is 2. The van der Waals surface area contributed by atoms with E-state index >= 15 is 0 Å². The van der Waals surface area contributed by atoms with Crippen molar-refractivity contribution in [3.8, 4) is 28.3 Å². The zero-order valence-corrected chi connectivity index (χ0v) is 21.7. The molecule has 5 rings (SSSR count). The van der Waals surface area contributed by atoms with Crippen molar-refractivity contribution in [3.63, 3.8) is 0 Å². The van der Waals surface area contributed by atoms with Crippen LogP contribution < -0.4 is 15.2 Å². The lowest BCUT2D eigenvalue weighted by Crippen LogP contribution is -2.48. The molecule has 1 saturated heterocycles. The molecular formula is C27H25ClN4O4S. The van der Waals surface area contributed by atoms with E-state index in [1.807, 2.05) is 59.5 Å². The molecule has 10 heteroatoms. The van der Waals surface area contributed by atoms with Crippen molar-refractivity contribution in [2.75, 3.05) is 37.3 Å². The van der Waals surface area contributed by atoms with Crippen LogP contribution >= 0.6 is 11.6 Å². The van der Waals surface area contributed by atoms with Crippen molar-refractivity contribution < 1.29 is 13.2 Å². The summed E-state index contributed by atoms with van der Waals surface area (Å²) in [5, 5.41) is 4.93. The van der Waals surface area contributed by atoms with Crippen LogP contribution in [-0.4, -0.2) is 54.9 Å². The largest absolute Gasteiger partial charge is 0.449 e. The van der Waals surface area contributed by atoms with Crippen molar-refractivity contribution >= 4 is 27.3 Å². The third-order valence-corrected chi connectivity index (χ3v) is 7.77. The molecule has 0 bridgehead atoms. The molecule has 37 heavy (non-hydrogen) atoms. The van der Waals surface area contributed by atoms with E-state index in [2.05, 4.69) is 5.10 Å². The highest BCUT2D eigenvalue weighted by atomic mass is 35.5. The van der Waals surface area contributed by atoms with Crippen LogP contribution in [0.15, 0.2) is 89.9 Å². The van der Waals surface area contributed by atoms with Gasteiger partial charge in [-0.2, -0.15) is 14.1 Å². The number of sulfonamides is 1. The molecule has 0 atom stereocenters. The molecule has 0 N–H and O–H groups in total. The van der Waals surface area contributed by atoms with E-state index in [0.717, 1.165) is 11.1 Å². The molecule has 3 aromatic carbocycles. The molecule has 0 unspecified atom stereocenters. The van der Waals surface area contributed by atoms with E-state index in [0.29, 0.717) is 48.3 Å². The van der Waals surface area contributed by atoms with Crippen molar-refractivity contribution in [2.45, 2.75) is 0 Å². The second-order valence-electron chi connectivity index (χ2n) is 8.69. The van der Waals surface area contributed by atoms with Crippen LogP contribution in [-0.2, 0) is 10.0 Å². The van der Waals surface area contributed by atoms with Crippen LogP contribution in [0.1, 0.15) is 0 Å². The molecule has 0 aliphatic carbocycles. The highest BCUT2D eigenvalue weighted by molar-refractivity contribution is 7.88. The summed E-state index contributed by atoms with van der Waals surface area (Å²) in [5.41, 5.74) is 2.73. The predicted octanol–water partition coefficient (Wildman–Crippen LogP) is 4.43. The predicted molar refractivity (Wildman–Crippen MR) is 145 cm³/mol. The van der Waals surface area contributed by atoms with Gasteiger partial charge in [-0.3, -0.25) is 4.79 Å².